The van der Waals surface area contributed by atoms with Gasteiger partial charge in [-0.2, -0.15) is 0 Å². The average Bonchev–Trinajstić information content (AvgIpc) is 2.45. The van der Waals surface area contributed by atoms with Crippen LogP contribution < -0.4 is 10.9 Å². The smallest absolute Gasteiger partial charge is 0.293 e. The lowest BCUT2D eigenvalue weighted by Gasteiger charge is -2.29. The molecule has 0 saturated carbocycles. The first-order valence-corrected chi connectivity index (χ1v) is 6.03. The van der Waals surface area contributed by atoms with E-state index in [0.717, 1.165) is 5.56 Å². The number of aliphatic hydroxyl groups is 1. The van der Waals surface area contributed by atoms with E-state index >= 15 is 0 Å². The minimum atomic E-state index is -0.748. The van der Waals surface area contributed by atoms with E-state index in [0.29, 0.717) is 0 Å². The van der Waals surface area contributed by atoms with Crippen molar-refractivity contribution in [3.63, 3.8) is 0 Å². The van der Waals surface area contributed by atoms with Crippen LogP contribution in [0.4, 0.5) is 5.82 Å². The summed E-state index contributed by atoms with van der Waals surface area (Å²) in [6.45, 7) is 1.69. The Hall–Kier alpha value is -2.14. The van der Waals surface area contributed by atoms with E-state index in [-0.39, 0.29) is 18.0 Å². The zero-order chi connectivity index (χ0) is 13.9. The summed E-state index contributed by atoms with van der Waals surface area (Å²) >= 11 is 0. The number of benzene rings is 1. The van der Waals surface area contributed by atoms with Crippen molar-refractivity contribution in [2.45, 2.75) is 12.5 Å². The fourth-order valence-corrected chi connectivity index (χ4v) is 1.85. The second-order valence-electron chi connectivity index (χ2n) is 4.67. The standard InChI is InChI=1S/C14H17N3O2/c1-14(10-18,11-6-4-3-5-7-11)16-12-13(19)17(2)9-8-15-12/h3-9,18H,10H2,1-2H3,(H,15,16). The highest BCUT2D eigenvalue weighted by molar-refractivity contribution is 5.40. The zero-order valence-corrected chi connectivity index (χ0v) is 11.0. The topological polar surface area (TPSA) is 67.2 Å². The number of aryl methyl sites for hydroxylation is 1. The number of nitrogens with zero attached hydrogens (tertiary/aromatic N) is 2. The maximum atomic E-state index is 12.0. The highest BCUT2D eigenvalue weighted by atomic mass is 16.3. The Kier molecular flexibility index (Phi) is 3.66. The molecule has 19 heavy (non-hydrogen) atoms. The number of hydrogen-bond donors (Lipinski definition) is 2. The molecule has 0 spiro atoms. The van der Waals surface area contributed by atoms with Crippen molar-refractivity contribution in [3.05, 3.63) is 58.6 Å². The van der Waals surface area contributed by atoms with Gasteiger partial charge in [-0.05, 0) is 12.5 Å². The second kappa shape index (κ2) is 5.24. The fraction of sp³-hybridized carbons (Fsp3) is 0.286. The molecule has 0 radical (unpaired) electrons. The molecule has 1 heterocycles. The molecule has 0 bridgehead atoms. The van der Waals surface area contributed by atoms with Crippen LogP contribution in [0.5, 0.6) is 0 Å². The number of rotatable bonds is 4. The van der Waals surface area contributed by atoms with Gasteiger partial charge < -0.3 is 15.0 Å². The summed E-state index contributed by atoms with van der Waals surface area (Å²) in [5.41, 5.74) is -0.0785. The van der Waals surface area contributed by atoms with Crippen LogP contribution >= 0.6 is 0 Å². The van der Waals surface area contributed by atoms with Crippen LogP contribution in [0.2, 0.25) is 0 Å². The molecule has 1 atom stereocenters. The summed E-state index contributed by atoms with van der Waals surface area (Å²) < 4.78 is 1.44. The van der Waals surface area contributed by atoms with E-state index in [9.17, 15) is 9.90 Å². The summed E-state index contributed by atoms with van der Waals surface area (Å²) in [6.07, 6.45) is 3.14. The van der Waals surface area contributed by atoms with Gasteiger partial charge in [0, 0.05) is 19.4 Å². The van der Waals surface area contributed by atoms with E-state index in [4.69, 9.17) is 0 Å². The molecule has 2 rings (SSSR count). The Morgan fingerprint density at radius 3 is 2.68 bits per heavy atom. The van der Waals surface area contributed by atoms with Crippen molar-refractivity contribution >= 4 is 5.82 Å². The van der Waals surface area contributed by atoms with Crippen LogP contribution in [0.3, 0.4) is 0 Å². The second-order valence-corrected chi connectivity index (χ2v) is 4.67. The third-order valence-corrected chi connectivity index (χ3v) is 3.14. The van der Waals surface area contributed by atoms with Gasteiger partial charge in [0.25, 0.3) is 5.56 Å². The molecular weight excluding hydrogens is 242 g/mol. The molecule has 1 unspecified atom stereocenters. The molecule has 5 heteroatoms. The lowest BCUT2D eigenvalue weighted by Crippen LogP contribution is -2.39. The van der Waals surface area contributed by atoms with Gasteiger partial charge in [-0.25, -0.2) is 4.98 Å². The van der Waals surface area contributed by atoms with Crippen LogP contribution in [0.1, 0.15) is 12.5 Å². The van der Waals surface area contributed by atoms with E-state index < -0.39 is 5.54 Å². The van der Waals surface area contributed by atoms with Crippen LogP contribution in [0, 0.1) is 0 Å². The Morgan fingerprint density at radius 1 is 1.37 bits per heavy atom. The Morgan fingerprint density at radius 2 is 2.05 bits per heavy atom. The van der Waals surface area contributed by atoms with E-state index in [1.165, 1.54) is 4.57 Å². The SMILES string of the molecule is Cn1ccnc(NC(C)(CO)c2ccccc2)c1=O. The predicted molar refractivity (Wildman–Crippen MR) is 74.0 cm³/mol. The summed E-state index contributed by atoms with van der Waals surface area (Å²) in [5, 5.41) is 12.7. The minimum Gasteiger partial charge on any atom is -0.394 e. The quantitative estimate of drug-likeness (QED) is 0.863. The molecule has 2 N–H and O–H groups in total. The lowest BCUT2D eigenvalue weighted by molar-refractivity contribution is 0.223. The van der Waals surface area contributed by atoms with Crippen LogP contribution in [0.15, 0.2) is 47.5 Å². The van der Waals surface area contributed by atoms with Crippen molar-refractivity contribution in [2.75, 3.05) is 11.9 Å². The van der Waals surface area contributed by atoms with Gasteiger partial charge in [-0.1, -0.05) is 30.3 Å². The average molecular weight is 259 g/mol. The van der Waals surface area contributed by atoms with Gasteiger partial charge in [0.05, 0.1) is 12.1 Å². The van der Waals surface area contributed by atoms with Gasteiger partial charge in [0.15, 0.2) is 5.82 Å². The minimum absolute atomic E-state index is 0.142. The first-order chi connectivity index (χ1) is 9.07. The van der Waals surface area contributed by atoms with Gasteiger partial charge in [-0.3, -0.25) is 4.79 Å². The van der Waals surface area contributed by atoms with E-state index in [1.54, 1.807) is 19.4 Å². The molecule has 0 saturated heterocycles. The number of aromatic nitrogens is 2. The molecule has 0 aliphatic carbocycles. The van der Waals surface area contributed by atoms with Crippen LogP contribution in [0.25, 0.3) is 0 Å². The highest BCUT2D eigenvalue weighted by Gasteiger charge is 2.26. The summed E-state index contributed by atoms with van der Waals surface area (Å²) in [7, 11) is 1.66. The number of hydrogen-bond acceptors (Lipinski definition) is 4. The van der Waals surface area contributed by atoms with E-state index in [2.05, 4.69) is 10.3 Å². The van der Waals surface area contributed by atoms with Crippen LogP contribution in [-0.2, 0) is 12.6 Å². The maximum absolute atomic E-state index is 12.0. The molecule has 1 aromatic heterocycles. The maximum Gasteiger partial charge on any atom is 0.293 e. The third-order valence-electron chi connectivity index (χ3n) is 3.14. The molecule has 1 aromatic carbocycles. The normalized spacial score (nSPS) is 13.8. The number of aliphatic hydroxyl groups excluding tert-OH is 1. The molecule has 0 aliphatic rings. The molecule has 0 fully saturated rings. The zero-order valence-electron chi connectivity index (χ0n) is 11.0. The Bertz CT molecular complexity index is 610. The van der Waals surface area contributed by atoms with Crippen molar-refractivity contribution in [1.29, 1.82) is 0 Å². The fourth-order valence-electron chi connectivity index (χ4n) is 1.85. The van der Waals surface area contributed by atoms with Crippen molar-refractivity contribution in [1.82, 2.24) is 9.55 Å². The van der Waals surface area contributed by atoms with Gasteiger partial charge in [0.1, 0.15) is 0 Å². The van der Waals surface area contributed by atoms with Crippen molar-refractivity contribution < 1.29 is 5.11 Å². The summed E-state index contributed by atoms with van der Waals surface area (Å²) in [4.78, 5) is 16.0. The van der Waals surface area contributed by atoms with E-state index in [1.807, 2.05) is 37.3 Å². The van der Waals surface area contributed by atoms with Crippen molar-refractivity contribution in [2.24, 2.45) is 7.05 Å². The number of nitrogens with one attached hydrogen (secondary N) is 1. The third kappa shape index (κ3) is 2.66. The number of anilines is 1. The largest absolute Gasteiger partial charge is 0.394 e. The molecule has 5 nitrogen and oxygen atoms in total. The first-order valence-electron chi connectivity index (χ1n) is 6.03. The van der Waals surface area contributed by atoms with Gasteiger partial charge in [-0.15, -0.1) is 0 Å². The molecule has 0 aliphatic heterocycles. The lowest BCUT2D eigenvalue weighted by atomic mass is 9.93. The predicted octanol–water partition coefficient (Wildman–Crippen LogP) is 1.10. The first kappa shape index (κ1) is 13.3. The van der Waals surface area contributed by atoms with Gasteiger partial charge in [0.2, 0.25) is 0 Å². The van der Waals surface area contributed by atoms with Crippen molar-refractivity contribution in [3.8, 4) is 0 Å². The monoisotopic (exact) mass is 259 g/mol. The molecule has 0 amide bonds. The van der Waals surface area contributed by atoms with Crippen LogP contribution in [-0.4, -0.2) is 21.3 Å². The summed E-state index contributed by atoms with van der Waals surface area (Å²) in [6, 6.07) is 9.48. The molecule has 100 valence electrons. The Labute approximate surface area is 111 Å². The summed E-state index contributed by atoms with van der Waals surface area (Å²) in [5.74, 6) is 0.227. The molecule has 2 aromatic rings. The Balaban J connectivity index is 2.39. The highest BCUT2D eigenvalue weighted by Crippen LogP contribution is 2.23. The van der Waals surface area contributed by atoms with Gasteiger partial charge >= 0.3 is 0 Å². The molecular formula is C14H17N3O2.